The van der Waals surface area contributed by atoms with Crippen molar-refractivity contribution >= 4 is 44.7 Å². The van der Waals surface area contributed by atoms with Crippen LogP contribution in [-0.4, -0.2) is 28.0 Å². The molecule has 3 aromatic carbocycles. The molecular weight excluding hydrogens is 496 g/mol. The van der Waals surface area contributed by atoms with Gasteiger partial charge in [0.15, 0.2) is 0 Å². The van der Waals surface area contributed by atoms with E-state index in [-0.39, 0.29) is 18.4 Å². The number of para-hydroxylation sites is 1. The van der Waals surface area contributed by atoms with Gasteiger partial charge in [-0.3, -0.25) is 4.79 Å². The number of amides is 1. The molecule has 8 nitrogen and oxygen atoms in total. The van der Waals surface area contributed by atoms with Gasteiger partial charge in [-0.2, -0.15) is 0 Å². The molecule has 0 aliphatic rings. The van der Waals surface area contributed by atoms with E-state index >= 15 is 0 Å². The van der Waals surface area contributed by atoms with Crippen LogP contribution in [0, 0.1) is 6.92 Å². The topological polar surface area (TPSA) is 126 Å². The highest BCUT2D eigenvalue weighted by Gasteiger charge is 2.24. The number of carboxylic acid groups (broad SMARTS) is 1. The van der Waals surface area contributed by atoms with Crippen LogP contribution in [0.1, 0.15) is 16.7 Å². The number of hydrogen-bond donors (Lipinski definition) is 3. The summed E-state index contributed by atoms with van der Waals surface area (Å²) >= 11 is 0. The number of aryl methyl sites for hydroxylation is 1. The van der Waals surface area contributed by atoms with Crippen LogP contribution in [0.4, 0.5) is 0 Å². The van der Waals surface area contributed by atoms with E-state index in [1.165, 1.54) is 0 Å². The molecule has 39 heavy (non-hydrogen) atoms. The Bertz CT molecular complexity index is 1930. The first-order valence-corrected chi connectivity index (χ1v) is 12.5. The van der Waals surface area contributed by atoms with Crippen molar-refractivity contribution in [3.05, 3.63) is 106 Å². The lowest BCUT2D eigenvalue weighted by atomic mass is 9.99. The summed E-state index contributed by atoms with van der Waals surface area (Å²) < 4.78 is 11.3. The van der Waals surface area contributed by atoms with Crippen molar-refractivity contribution in [3.8, 4) is 11.1 Å². The normalized spacial score (nSPS) is 12.2. The highest BCUT2D eigenvalue weighted by atomic mass is 16.4. The van der Waals surface area contributed by atoms with Crippen molar-refractivity contribution in [1.29, 1.82) is 0 Å². The summed E-state index contributed by atoms with van der Waals surface area (Å²) in [6, 6.07) is 19.8. The highest BCUT2D eigenvalue weighted by Crippen LogP contribution is 2.34. The minimum absolute atomic E-state index is 0.0944. The van der Waals surface area contributed by atoms with Crippen molar-refractivity contribution in [1.82, 2.24) is 10.3 Å². The number of nitrogens with one attached hydrogen (secondary N) is 2. The summed E-state index contributed by atoms with van der Waals surface area (Å²) in [6.45, 7) is 1.76. The average molecular weight is 521 g/mol. The Morgan fingerprint density at radius 2 is 1.74 bits per heavy atom. The minimum Gasteiger partial charge on any atom is -0.480 e. The quantitative estimate of drug-likeness (QED) is 0.244. The van der Waals surface area contributed by atoms with Crippen molar-refractivity contribution < 1.29 is 23.5 Å². The summed E-state index contributed by atoms with van der Waals surface area (Å²) in [5.74, 6) is -1.74. The number of rotatable bonds is 7. The van der Waals surface area contributed by atoms with Gasteiger partial charge in [-0.1, -0.05) is 48.5 Å². The number of benzene rings is 3. The minimum atomic E-state index is -1.16. The lowest BCUT2D eigenvalue weighted by Gasteiger charge is -2.15. The molecule has 3 N–H and O–H groups in total. The summed E-state index contributed by atoms with van der Waals surface area (Å²) in [6.07, 6.45) is 3.20. The molecule has 0 aliphatic heterocycles. The molecule has 6 aromatic rings. The van der Waals surface area contributed by atoms with Gasteiger partial charge < -0.3 is 24.2 Å². The molecule has 0 fully saturated rings. The number of carbonyl (C=O) groups excluding carboxylic acids is 1. The molecule has 1 unspecified atom stereocenters. The van der Waals surface area contributed by atoms with E-state index in [2.05, 4.69) is 10.3 Å². The Morgan fingerprint density at radius 3 is 2.54 bits per heavy atom. The third-order valence-electron chi connectivity index (χ3n) is 7.14. The van der Waals surface area contributed by atoms with Gasteiger partial charge in [0.2, 0.25) is 5.91 Å². The molecule has 8 heteroatoms. The largest absolute Gasteiger partial charge is 0.480 e. The van der Waals surface area contributed by atoms with E-state index in [1.807, 2.05) is 60.7 Å². The van der Waals surface area contributed by atoms with E-state index < -0.39 is 23.5 Å². The van der Waals surface area contributed by atoms with Gasteiger partial charge in [0.1, 0.15) is 17.2 Å². The first-order valence-electron chi connectivity index (χ1n) is 12.5. The molecule has 3 aromatic heterocycles. The van der Waals surface area contributed by atoms with Crippen LogP contribution in [0.3, 0.4) is 0 Å². The summed E-state index contributed by atoms with van der Waals surface area (Å²) in [5.41, 5.74) is 4.61. The predicted octanol–water partition coefficient (Wildman–Crippen LogP) is 5.35. The first kappa shape index (κ1) is 24.2. The van der Waals surface area contributed by atoms with Crippen molar-refractivity contribution in [2.45, 2.75) is 25.8 Å². The maximum Gasteiger partial charge on any atom is 0.340 e. The second kappa shape index (κ2) is 9.64. The zero-order valence-electron chi connectivity index (χ0n) is 21.0. The fraction of sp³-hybridized carbons (Fsp3) is 0.129. The lowest BCUT2D eigenvalue weighted by molar-refractivity contribution is -0.141. The van der Waals surface area contributed by atoms with Crippen molar-refractivity contribution in [3.63, 3.8) is 0 Å². The molecule has 3 heterocycles. The molecular formula is C31H24N2O6. The van der Waals surface area contributed by atoms with Gasteiger partial charge in [0.05, 0.1) is 18.2 Å². The standard InChI is InChI=1S/C31H24N2O6/c1-17-21-12-23-24(18-7-3-2-4-8-18)16-38-27(23)14-28(21)39-31(37)22(17)13-29(34)33-26(30(35)36)11-19-15-32-25-10-6-5-9-20(19)25/h2-10,12,14-16,26,32H,11,13H2,1H3,(H,33,34)(H,35,36). The van der Waals surface area contributed by atoms with Gasteiger partial charge in [-0.05, 0) is 35.7 Å². The molecule has 0 bridgehead atoms. The molecule has 6 rings (SSSR count). The zero-order chi connectivity index (χ0) is 27.1. The predicted molar refractivity (Wildman–Crippen MR) is 148 cm³/mol. The molecule has 194 valence electrons. The number of carboxylic acids is 1. The van der Waals surface area contributed by atoms with E-state index in [4.69, 9.17) is 8.83 Å². The third-order valence-corrected chi connectivity index (χ3v) is 7.14. The third kappa shape index (κ3) is 4.46. The molecule has 0 aliphatic carbocycles. The van der Waals surface area contributed by atoms with Gasteiger partial charge in [-0.15, -0.1) is 0 Å². The molecule has 1 atom stereocenters. The van der Waals surface area contributed by atoms with Crippen LogP contribution in [-0.2, 0) is 22.4 Å². The van der Waals surface area contributed by atoms with Gasteiger partial charge in [0.25, 0.3) is 0 Å². The molecule has 1 amide bonds. The van der Waals surface area contributed by atoms with Crippen LogP contribution in [0.15, 0.2) is 92.8 Å². The second-order valence-corrected chi connectivity index (χ2v) is 9.55. The number of aromatic nitrogens is 1. The van der Waals surface area contributed by atoms with Gasteiger partial charge in [-0.25, -0.2) is 9.59 Å². The molecule has 0 saturated heterocycles. The van der Waals surface area contributed by atoms with Gasteiger partial charge in [0, 0.05) is 45.9 Å². The van der Waals surface area contributed by atoms with Crippen LogP contribution < -0.4 is 10.9 Å². The molecule has 0 saturated carbocycles. The summed E-state index contributed by atoms with van der Waals surface area (Å²) in [5, 5.41) is 14.8. The van der Waals surface area contributed by atoms with E-state index in [9.17, 15) is 19.5 Å². The molecule has 0 radical (unpaired) electrons. The molecule has 0 spiro atoms. The highest BCUT2D eigenvalue weighted by molar-refractivity contribution is 6.02. The van der Waals surface area contributed by atoms with Gasteiger partial charge >= 0.3 is 11.6 Å². The lowest BCUT2D eigenvalue weighted by Crippen LogP contribution is -2.43. The monoisotopic (exact) mass is 520 g/mol. The summed E-state index contributed by atoms with van der Waals surface area (Å²) in [4.78, 5) is 41.0. The number of carbonyl (C=O) groups is 2. The van der Waals surface area contributed by atoms with E-state index in [1.54, 1.807) is 25.5 Å². The Balaban J connectivity index is 1.30. The fourth-order valence-corrected chi connectivity index (χ4v) is 5.08. The number of fused-ring (bicyclic) bond motifs is 3. The number of furan rings is 1. The smallest absolute Gasteiger partial charge is 0.340 e. The van der Waals surface area contributed by atoms with Crippen LogP contribution >= 0.6 is 0 Å². The SMILES string of the molecule is Cc1c(CC(=O)NC(Cc2c[nH]c3ccccc23)C(=O)O)c(=O)oc2cc3occ(-c4ccccc4)c3cc12. The summed E-state index contributed by atoms with van der Waals surface area (Å²) in [7, 11) is 0. The maximum absolute atomic E-state index is 13.0. The van der Waals surface area contributed by atoms with Crippen molar-refractivity contribution in [2.24, 2.45) is 0 Å². The fourth-order valence-electron chi connectivity index (χ4n) is 5.08. The second-order valence-electron chi connectivity index (χ2n) is 9.55. The number of aromatic amines is 1. The number of H-pyrrole nitrogens is 1. The maximum atomic E-state index is 13.0. The van der Waals surface area contributed by atoms with E-state index in [0.717, 1.165) is 33.0 Å². The number of hydrogen-bond acceptors (Lipinski definition) is 5. The van der Waals surface area contributed by atoms with Crippen LogP contribution in [0.2, 0.25) is 0 Å². The zero-order valence-corrected chi connectivity index (χ0v) is 21.0. The van der Waals surface area contributed by atoms with E-state index in [0.29, 0.717) is 22.1 Å². The van der Waals surface area contributed by atoms with Crippen LogP contribution in [0.5, 0.6) is 0 Å². The Kier molecular flexibility index (Phi) is 5.99. The Labute approximate surface area is 221 Å². The number of aliphatic carboxylic acids is 1. The Morgan fingerprint density at radius 1 is 0.974 bits per heavy atom. The Hall–Kier alpha value is -5.11. The first-order chi connectivity index (χ1) is 18.9. The van der Waals surface area contributed by atoms with Crippen LogP contribution in [0.25, 0.3) is 44.0 Å². The van der Waals surface area contributed by atoms with Crippen molar-refractivity contribution in [2.75, 3.05) is 0 Å². The average Bonchev–Trinajstić information content (AvgIpc) is 3.54.